The van der Waals surface area contributed by atoms with Crippen molar-refractivity contribution >= 4 is 17.7 Å². The van der Waals surface area contributed by atoms with Gasteiger partial charge in [-0.25, -0.2) is 0 Å². The van der Waals surface area contributed by atoms with Gasteiger partial charge in [0.1, 0.15) is 0 Å². The van der Waals surface area contributed by atoms with Gasteiger partial charge in [0.15, 0.2) is 0 Å². The van der Waals surface area contributed by atoms with E-state index in [1.54, 1.807) is 16.4 Å². The van der Waals surface area contributed by atoms with Gasteiger partial charge in [-0.1, -0.05) is 83.1 Å². The second-order valence-corrected chi connectivity index (χ2v) is 11.0. The zero-order chi connectivity index (χ0) is 22.8. The lowest BCUT2D eigenvalue weighted by molar-refractivity contribution is 0.0830. The first-order chi connectivity index (χ1) is 15.4. The Morgan fingerprint density at radius 3 is 2.22 bits per heavy atom. The molecule has 3 aromatic rings. The van der Waals surface area contributed by atoms with Gasteiger partial charge in [0.2, 0.25) is 0 Å². The molecule has 0 spiro atoms. The van der Waals surface area contributed by atoms with Crippen LogP contribution in [0.4, 0.5) is 0 Å². The largest absolute Gasteiger partial charge is 0.272 e. The Morgan fingerprint density at radius 1 is 0.969 bits per heavy atom. The van der Waals surface area contributed by atoms with Gasteiger partial charge in [-0.3, -0.25) is 4.79 Å². The Labute approximate surface area is 196 Å². The van der Waals surface area contributed by atoms with Crippen LogP contribution < -0.4 is 0 Å². The van der Waals surface area contributed by atoms with Crippen molar-refractivity contribution in [3.63, 3.8) is 0 Å². The van der Waals surface area contributed by atoms with E-state index in [4.69, 9.17) is 5.10 Å². The number of hydrogen-bond donors (Lipinski definition) is 0. The van der Waals surface area contributed by atoms with Gasteiger partial charge in [0, 0.05) is 33.1 Å². The highest BCUT2D eigenvalue weighted by Crippen LogP contribution is 2.46. The zero-order valence-corrected chi connectivity index (χ0v) is 20.6. The molecule has 0 saturated heterocycles. The Hall–Kier alpha value is -2.33. The maximum atomic E-state index is 13.9. The third-order valence-corrected chi connectivity index (χ3v) is 8.25. The molecule has 2 aromatic carbocycles. The van der Waals surface area contributed by atoms with Crippen molar-refractivity contribution in [2.75, 3.05) is 0 Å². The maximum absolute atomic E-state index is 13.9. The lowest BCUT2D eigenvalue weighted by Gasteiger charge is -2.28. The summed E-state index contributed by atoms with van der Waals surface area (Å²) >= 11 is 1.76. The number of benzene rings is 2. The summed E-state index contributed by atoms with van der Waals surface area (Å²) < 4.78 is 1.75. The molecule has 4 atom stereocenters. The van der Waals surface area contributed by atoms with Gasteiger partial charge in [-0.2, -0.15) is 9.78 Å². The molecule has 4 heteroatoms. The highest BCUT2D eigenvalue weighted by atomic mass is 32.2. The van der Waals surface area contributed by atoms with E-state index in [1.807, 2.05) is 43.3 Å². The van der Waals surface area contributed by atoms with E-state index in [0.717, 1.165) is 29.8 Å². The Bertz CT molecular complexity index is 1060. The summed E-state index contributed by atoms with van der Waals surface area (Å²) in [7, 11) is 0. The minimum absolute atomic E-state index is 0.0869. The zero-order valence-electron chi connectivity index (χ0n) is 19.8. The molecule has 0 radical (unpaired) electrons. The first kappa shape index (κ1) is 22.8. The summed E-state index contributed by atoms with van der Waals surface area (Å²) in [6.45, 7) is 11.0. The summed E-state index contributed by atoms with van der Waals surface area (Å²) in [5, 5.41) is 5.19. The number of carbonyl (C=O) groups is 1. The molecule has 0 bridgehead atoms. The summed E-state index contributed by atoms with van der Waals surface area (Å²) in [5.74, 6) is 1.25. The minimum Gasteiger partial charge on any atom is -0.272 e. The van der Waals surface area contributed by atoms with Crippen molar-refractivity contribution in [2.24, 2.45) is 11.8 Å². The van der Waals surface area contributed by atoms with E-state index in [2.05, 4.69) is 52.0 Å². The molecule has 0 unspecified atom stereocenters. The van der Waals surface area contributed by atoms with Gasteiger partial charge in [0.25, 0.3) is 5.91 Å². The highest BCUT2D eigenvalue weighted by Gasteiger charge is 2.36. The molecule has 1 heterocycles. The summed E-state index contributed by atoms with van der Waals surface area (Å²) in [4.78, 5) is 15.0. The van der Waals surface area contributed by atoms with Crippen LogP contribution in [0.5, 0.6) is 0 Å². The number of rotatable bonds is 6. The molecule has 4 rings (SSSR count). The van der Waals surface area contributed by atoms with Gasteiger partial charge in [-0.15, -0.1) is 11.8 Å². The number of fused-ring (bicyclic) bond motifs is 1. The Balaban J connectivity index is 1.76. The fourth-order valence-corrected chi connectivity index (χ4v) is 5.87. The third kappa shape index (κ3) is 4.43. The van der Waals surface area contributed by atoms with Gasteiger partial charge in [0.05, 0.1) is 11.4 Å². The van der Waals surface area contributed by atoms with E-state index in [0.29, 0.717) is 17.8 Å². The molecule has 1 aromatic heterocycles. The van der Waals surface area contributed by atoms with E-state index >= 15 is 0 Å². The van der Waals surface area contributed by atoms with Crippen molar-refractivity contribution in [2.45, 2.75) is 69.4 Å². The second kappa shape index (κ2) is 9.66. The predicted octanol–water partition coefficient (Wildman–Crippen LogP) is 7.64. The summed E-state index contributed by atoms with van der Waals surface area (Å²) in [5.41, 5.74) is 4.51. The van der Waals surface area contributed by atoms with Gasteiger partial charge >= 0.3 is 0 Å². The third-order valence-electron chi connectivity index (χ3n) is 6.92. The monoisotopic (exact) mass is 446 g/mol. The standard InChI is InChI=1S/C28H34N2OS/c1-18(2)24-17-16-19(3)25-26(24)29-30(27(25)22-12-8-6-9-13-22)28(31)20(4)21(5)32-23-14-10-7-11-15-23/h6-15,18-21,24H,16-17H2,1-5H3/t19-,20-,21-,24-/m1/s1. The Morgan fingerprint density at radius 2 is 1.59 bits per heavy atom. The number of hydrogen-bond acceptors (Lipinski definition) is 3. The fraction of sp³-hybridized carbons (Fsp3) is 0.429. The molecule has 0 saturated carbocycles. The number of nitrogens with zero attached hydrogens (tertiary/aromatic N) is 2. The molecule has 1 aliphatic carbocycles. The SMILES string of the molecule is CC(C)[C@H]1CC[C@@H](C)c2c1nn(C(=O)[C@H](C)[C@@H](C)Sc1ccccc1)c2-c1ccccc1. The average Bonchev–Trinajstić information content (AvgIpc) is 3.20. The highest BCUT2D eigenvalue weighted by molar-refractivity contribution is 8.00. The van der Waals surface area contributed by atoms with Crippen molar-refractivity contribution in [3.8, 4) is 11.3 Å². The van der Waals surface area contributed by atoms with Crippen LogP contribution in [0.3, 0.4) is 0 Å². The molecule has 1 aliphatic rings. The summed E-state index contributed by atoms with van der Waals surface area (Å²) in [6, 6.07) is 20.7. The molecule has 0 N–H and O–H groups in total. The lowest BCUT2D eigenvalue weighted by atomic mass is 9.75. The van der Waals surface area contributed by atoms with Crippen LogP contribution in [0.15, 0.2) is 65.6 Å². The van der Waals surface area contributed by atoms with Crippen LogP contribution >= 0.6 is 11.8 Å². The molecule has 168 valence electrons. The first-order valence-corrected chi connectivity index (χ1v) is 12.7. The van der Waals surface area contributed by atoms with Gasteiger partial charge < -0.3 is 0 Å². The Kier molecular flexibility index (Phi) is 6.90. The molecule has 0 aliphatic heterocycles. The van der Waals surface area contributed by atoms with E-state index < -0.39 is 0 Å². The molecular weight excluding hydrogens is 412 g/mol. The molecule has 0 amide bonds. The number of thioether (sulfide) groups is 1. The first-order valence-electron chi connectivity index (χ1n) is 11.8. The van der Waals surface area contributed by atoms with Crippen LogP contribution in [-0.2, 0) is 0 Å². The van der Waals surface area contributed by atoms with Crippen molar-refractivity contribution < 1.29 is 4.79 Å². The fourth-order valence-electron chi connectivity index (χ4n) is 4.81. The van der Waals surface area contributed by atoms with Crippen LogP contribution in [0.25, 0.3) is 11.3 Å². The summed E-state index contributed by atoms with van der Waals surface area (Å²) in [6.07, 6.45) is 2.28. The van der Waals surface area contributed by atoms with E-state index in [-0.39, 0.29) is 17.1 Å². The van der Waals surface area contributed by atoms with Crippen molar-refractivity contribution in [3.05, 3.63) is 71.9 Å². The van der Waals surface area contributed by atoms with Crippen LogP contribution in [0.2, 0.25) is 0 Å². The normalized spacial score (nSPS) is 20.1. The van der Waals surface area contributed by atoms with Crippen LogP contribution in [0, 0.1) is 11.8 Å². The van der Waals surface area contributed by atoms with Crippen molar-refractivity contribution in [1.29, 1.82) is 0 Å². The van der Waals surface area contributed by atoms with Crippen LogP contribution in [0.1, 0.15) is 75.3 Å². The minimum atomic E-state index is -0.156. The molecule has 0 fully saturated rings. The number of carbonyl (C=O) groups excluding carboxylic acids is 1. The predicted molar refractivity (Wildman–Crippen MR) is 134 cm³/mol. The quantitative estimate of drug-likeness (QED) is 0.365. The van der Waals surface area contributed by atoms with E-state index in [9.17, 15) is 4.79 Å². The second-order valence-electron chi connectivity index (χ2n) is 9.52. The maximum Gasteiger partial charge on any atom is 0.251 e. The number of aromatic nitrogens is 2. The topological polar surface area (TPSA) is 34.9 Å². The molecule has 32 heavy (non-hydrogen) atoms. The molecular formula is C28H34N2OS. The smallest absolute Gasteiger partial charge is 0.251 e. The van der Waals surface area contributed by atoms with Crippen LogP contribution in [-0.4, -0.2) is 20.9 Å². The molecule has 3 nitrogen and oxygen atoms in total. The van der Waals surface area contributed by atoms with Crippen molar-refractivity contribution in [1.82, 2.24) is 9.78 Å². The average molecular weight is 447 g/mol. The lowest BCUT2D eigenvalue weighted by Crippen LogP contribution is -2.28. The van der Waals surface area contributed by atoms with E-state index in [1.165, 1.54) is 10.5 Å². The van der Waals surface area contributed by atoms with Gasteiger partial charge in [-0.05, 0) is 36.8 Å².